The summed E-state index contributed by atoms with van der Waals surface area (Å²) >= 11 is 0. The Kier molecular flexibility index (Phi) is 4.58. The molecule has 0 aliphatic carbocycles. The van der Waals surface area contributed by atoms with E-state index in [4.69, 9.17) is 0 Å². The fourth-order valence-electron chi connectivity index (χ4n) is 1.16. The Labute approximate surface area is 99.2 Å². The van der Waals surface area contributed by atoms with Crippen LogP contribution >= 0.6 is 0 Å². The van der Waals surface area contributed by atoms with Crippen LogP contribution in [0.4, 0.5) is 17.5 Å². The zero-order valence-corrected chi connectivity index (χ0v) is 10.1. The van der Waals surface area contributed by atoms with Gasteiger partial charge in [0, 0.05) is 20.1 Å². The van der Waals surface area contributed by atoms with Gasteiger partial charge in [-0.25, -0.2) is 4.98 Å². The van der Waals surface area contributed by atoms with Gasteiger partial charge in [-0.3, -0.25) is 10.1 Å². The molecule has 0 bridgehead atoms. The first kappa shape index (κ1) is 13.1. The molecule has 1 aromatic rings. The lowest BCUT2D eigenvalue weighted by Gasteiger charge is -2.11. The summed E-state index contributed by atoms with van der Waals surface area (Å²) in [4.78, 5) is 20.1. The minimum Gasteiger partial charge on any atom is -0.363 e. The van der Waals surface area contributed by atoms with Crippen molar-refractivity contribution in [3.63, 3.8) is 0 Å². The van der Waals surface area contributed by atoms with Crippen molar-refractivity contribution in [1.29, 1.82) is 0 Å². The molecule has 0 amide bonds. The van der Waals surface area contributed by atoms with Gasteiger partial charge in [0.05, 0.1) is 4.92 Å². The molecule has 0 fully saturated rings. The third-order valence-corrected chi connectivity index (χ3v) is 2.04. The SMILES string of the molecule is CNc1ncc([N+](=O)[O-])c(NCCN(C)C)n1. The summed E-state index contributed by atoms with van der Waals surface area (Å²) in [6.07, 6.45) is 1.19. The van der Waals surface area contributed by atoms with E-state index in [1.54, 1.807) is 7.05 Å². The summed E-state index contributed by atoms with van der Waals surface area (Å²) in [6, 6.07) is 0. The van der Waals surface area contributed by atoms with Gasteiger partial charge in [-0.1, -0.05) is 0 Å². The third kappa shape index (κ3) is 3.83. The van der Waals surface area contributed by atoms with Crippen molar-refractivity contribution >= 4 is 17.5 Å². The highest BCUT2D eigenvalue weighted by molar-refractivity contribution is 5.56. The van der Waals surface area contributed by atoms with E-state index in [9.17, 15) is 10.1 Å². The number of hydrogen-bond donors (Lipinski definition) is 2. The molecule has 94 valence electrons. The predicted molar refractivity (Wildman–Crippen MR) is 65.3 cm³/mol. The number of nitro groups is 1. The smallest absolute Gasteiger partial charge is 0.329 e. The molecule has 1 aromatic heterocycles. The number of nitrogens with one attached hydrogen (secondary N) is 2. The molecule has 17 heavy (non-hydrogen) atoms. The molecule has 0 radical (unpaired) electrons. The van der Waals surface area contributed by atoms with E-state index < -0.39 is 4.92 Å². The van der Waals surface area contributed by atoms with Gasteiger partial charge >= 0.3 is 5.69 Å². The van der Waals surface area contributed by atoms with Gasteiger partial charge in [0.25, 0.3) is 0 Å². The summed E-state index contributed by atoms with van der Waals surface area (Å²) < 4.78 is 0. The van der Waals surface area contributed by atoms with Crippen molar-refractivity contribution in [2.24, 2.45) is 0 Å². The molecule has 0 atom stereocenters. The lowest BCUT2D eigenvalue weighted by Crippen LogP contribution is -2.21. The number of hydrogen-bond acceptors (Lipinski definition) is 7. The summed E-state index contributed by atoms with van der Waals surface area (Å²) in [5, 5.41) is 16.4. The van der Waals surface area contributed by atoms with Crippen molar-refractivity contribution in [3.8, 4) is 0 Å². The van der Waals surface area contributed by atoms with Crippen LogP contribution in [0.5, 0.6) is 0 Å². The highest BCUT2D eigenvalue weighted by atomic mass is 16.6. The normalized spacial score (nSPS) is 10.4. The molecule has 0 aliphatic rings. The van der Waals surface area contributed by atoms with E-state index in [1.165, 1.54) is 6.20 Å². The van der Waals surface area contributed by atoms with Crippen LogP contribution in [-0.2, 0) is 0 Å². The number of nitrogens with zero attached hydrogens (tertiary/aromatic N) is 4. The molecule has 0 saturated carbocycles. The molecular formula is C9H16N6O2. The summed E-state index contributed by atoms with van der Waals surface area (Å²) in [5.74, 6) is 0.583. The van der Waals surface area contributed by atoms with E-state index in [0.29, 0.717) is 12.5 Å². The Morgan fingerprint density at radius 2 is 2.24 bits per heavy atom. The molecule has 8 heteroatoms. The molecule has 0 unspecified atom stereocenters. The molecule has 1 rings (SSSR count). The zero-order valence-electron chi connectivity index (χ0n) is 10.1. The van der Waals surface area contributed by atoms with Gasteiger partial charge in [-0.15, -0.1) is 0 Å². The van der Waals surface area contributed by atoms with Gasteiger partial charge in [-0.2, -0.15) is 4.98 Å². The van der Waals surface area contributed by atoms with E-state index >= 15 is 0 Å². The average molecular weight is 240 g/mol. The fourth-order valence-corrected chi connectivity index (χ4v) is 1.16. The number of anilines is 2. The van der Waals surface area contributed by atoms with Crippen LogP contribution in [0.2, 0.25) is 0 Å². The van der Waals surface area contributed by atoms with Crippen molar-refractivity contribution in [2.75, 3.05) is 44.9 Å². The maximum absolute atomic E-state index is 10.8. The van der Waals surface area contributed by atoms with Gasteiger partial charge in [0.15, 0.2) is 0 Å². The van der Waals surface area contributed by atoms with Gasteiger partial charge in [0.1, 0.15) is 6.20 Å². The molecule has 0 saturated heterocycles. The number of rotatable bonds is 6. The second-order valence-corrected chi connectivity index (χ2v) is 3.66. The van der Waals surface area contributed by atoms with E-state index in [-0.39, 0.29) is 11.5 Å². The largest absolute Gasteiger partial charge is 0.363 e. The Morgan fingerprint density at radius 3 is 2.76 bits per heavy atom. The van der Waals surface area contributed by atoms with Gasteiger partial charge < -0.3 is 15.5 Å². The minimum absolute atomic E-state index is 0.122. The maximum Gasteiger partial charge on any atom is 0.329 e. The molecule has 0 spiro atoms. The topological polar surface area (TPSA) is 96.2 Å². The maximum atomic E-state index is 10.8. The highest BCUT2D eigenvalue weighted by Crippen LogP contribution is 2.21. The van der Waals surface area contributed by atoms with E-state index in [2.05, 4.69) is 20.6 Å². The summed E-state index contributed by atoms with van der Waals surface area (Å²) in [6.45, 7) is 1.34. The average Bonchev–Trinajstić information content (AvgIpc) is 2.28. The monoisotopic (exact) mass is 240 g/mol. The predicted octanol–water partition coefficient (Wildman–Crippen LogP) is 0.400. The zero-order chi connectivity index (χ0) is 12.8. The van der Waals surface area contributed by atoms with Gasteiger partial charge in [0.2, 0.25) is 11.8 Å². The highest BCUT2D eigenvalue weighted by Gasteiger charge is 2.16. The Balaban J connectivity index is 2.82. The first-order chi connectivity index (χ1) is 8.04. The van der Waals surface area contributed by atoms with Crippen LogP contribution < -0.4 is 10.6 Å². The van der Waals surface area contributed by atoms with Gasteiger partial charge in [-0.05, 0) is 14.1 Å². The van der Waals surface area contributed by atoms with Crippen LogP contribution in [0, 0.1) is 10.1 Å². The van der Waals surface area contributed by atoms with Crippen LogP contribution in [0.15, 0.2) is 6.20 Å². The molecule has 0 aliphatic heterocycles. The van der Waals surface area contributed by atoms with Crippen LogP contribution in [0.3, 0.4) is 0 Å². The quantitative estimate of drug-likeness (QED) is 0.548. The number of likely N-dealkylation sites (N-methyl/N-ethyl adjacent to an activating group) is 1. The molecule has 2 N–H and O–H groups in total. The number of aromatic nitrogens is 2. The Bertz CT molecular complexity index is 395. The summed E-state index contributed by atoms with van der Waals surface area (Å²) in [5.41, 5.74) is -0.122. The second-order valence-electron chi connectivity index (χ2n) is 3.66. The van der Waals surface area contributed by atoms with E-state index in [0.717, 1.165) is 6.54 Å². The Hall–Kier alpha value is -1.96. The van der Waals surface area contributed by atoms with Crippen molar-refractivity contribution in [3.05, 3.63) is 16.3 Å². The van der Waals surface area contributed by atoms with Crippen molar-refractivity contribution < 1.29 is 4.92 Å². The molecule has 8 nitrogen and oxygen atoms in total. The van der Waals surface area contributed by atoms with E-state index in [1.807, 2.05) is 19.0 Å². The van der Waals surface area contributed by atoms with Crippen LogP contribution in [-0.4, -0.2) is 54.0 Å². The second kappa shape index (κ2) is 5.94. The van der Waals surface area contributed by atoms with Crippen LogP contribution in [0.25, 0.3) is 0 Å². The lowest BCUT2D eigenvalue weighted by atomic mass is 10.4. The lowest BCUT2D eigenvalue weighted by molar-refractivity contribution is -0.384. The first-order valence-electron chi connectivity index (χ1n) is 5.12. The van der Waals surface area contributed by atoms with Crippen molar-refractivity contribution in [2.45, 2.75) is 0 Å². The fraction of sp³-hybridized carbons (Fsp3) is 0.556. The standard InChI is InChI=1S/C9H16N6O2/c1-10-9-12-6-7(15(16)17)8(13-9)11-4-5-14(2)3/h6H,4-5H2,1-3H3,(H2,10,11,12,13). The first-order valence-corrected chi connectivity index (χ1v) is 5.12. The van der Waals surface area contributed by atoms with Crippen molar-refractivity contribution in [1.82, 2.24) is 14.9 Å². The van der Waals surface area contributed by atoms with Crippen LogP contribution in [0.1, 0.15) is 0 Å². The summed E-state index contributed by atoms with van der Waals surface area (Å²) in [7, 11) is 5.51. The Morgan fingerprint density at radius 1 is 1.53 bits per heavy atom. The molecule has 1 heterocycles. The minimum atomic E-state index is -0.503. The molecular weight excluding hydrogens is 224 g/mol. The third-order valence-electron chi connectivity index (χ3n) is 2.04. The molecule has 0 aromatic carbocycles.